The third-order valence-electron chi connectivity index (χ3n) is 5.28. The second-order valence-corrected chi connectivity index (χ2v) is 6.80. The van der Waals surface area contributed by atoms with Crippen molar-refractivity contribution in [3.8, 4) is 0 Å². The van der Waals surface area contributed by atoms with Gasteiger partial charge in [0.2, 0.25) is 5.91 Å². The number of aromatic nitrogens is 2. The van der Waals surface area contributed by atoms with Crippen LogP contribution in [-0.4, -0.2) is 71.0 Å². The first-order chi connectivity index (χ1) is 12.2. The Hall–Kier alpha value is -2.41. The largest absolute Gasteiger partial charge is 0.383 e. The molecule has 3 saturated heterocycles. The number of ether oxygens (including phenoxy) is 1. The van der Waals surface area contributed by atoms with Gasteiger partial charge in [0.25, 0.3) is 5.91 Å². The van der Waals surface area contributed by atoms with Gasteiger partial charge in [-0.1, -0.05) is 0 Å². The SMILES string of the molecule is COCCN1C(=O)[C@H]2CC[C@@H]1CN(C(=O)c1ccc3nc[nH]c3c1)C2. The maximum Gasteiger partial charge on any atom is 0.254 e. The number of fused-ring (bicyclic) bond motifs is 5. The van der Waals surface area contributed by atoms with Crippen molar-refractivity contribution in [1.29, 1.82) is 0 Å². The molecule has 3 fully saturated rings. The molecule has 3 aliphatic rings. The number of hydrogen-bond donors (Lipinski definition) is 1. The molecule has 0 radical (unpaired) electrons. The molecule has 7 heteroatoms. The second-order valence-electron chi connectivity index (χ2n) is 6.80. The number of carbonyl (C=O) groups excluding carboxylic acids is 2. The molecule has 1 aromatic carbocycles. The summed E-state index contributed by atoms with van der Waals surface area (Å²) in [6, 6.07) is 5.58. The zero-order valence-corrected chi connectivity index (χ0v) is 14.3. The van der Waals surface area contributed by atoms with E-state index in [0.717, 1.165) is 23.9 Å². The van der Waals surface area contributed by atoms with Gasteiger partial charge in [-0.25, -0.2) is 4.98 Å². The minimum Gasteiger partial charge on any atom is -0.383 e. The number of imidazole rings is 1. The molecule has 132 valence electrons. The van der Waals surface area contributed by atoms with E-state index in [1.54, 1.807) is 13.4 Å². The standard InChI is InChI=1S/C18H22N4O3/c1-25-7-6-22-14-4-2-13(18(22)24)9-21(10-14)17(23)12-3-5-15-16(8-12)20-11-19-15/h3,5,8,11,13-14H,2,4,6-7,9-10H2,1H3,(H,19,20)/t13-,14+/m0/s1. The minimum atomic E-state index is -0.101. The number of rotatable bonds is 4. The van der Waals surface area contributed by atoms with Gasteiger partial charge in [0.15, 0.2) is 0 Å². The van der Waals surface area contributed by atoms with E-state index < -0.39 is 0 Å². The van der Waals surface area contributed by atoms with E-state index in [0.29, 0.717) is 31.8 Å². The van der Waals surface area contributed by atoms with Gasteiger partial charge in [0, 0.05) is 38.3 Å². The Morgan fingerprint density at radius 3 is 3.08 bits per heavy atom. The molecule has 1 aromatic heterocycles. The van der Waals surface area contributed by atoms with Crippen LogP contribution in [-0.2, 0) is 9.53 Å². The zero-order chi connectivity index (χ0) is 17.4. The molecule has 7 nitrogen and oxygen atoms in total. The van der Waals surface area contributed by atoms with Crippen LogP contribution in [0.2, 0.25) is 0 Å². The fraction of sp³-hybridized carbons (Fsp3) is 0.500. The monoisotopic (exact) mass is 342 g/mol. The quantitative estimate of drug-likeness (QED) is 0.908. The molecule has 0 spiro atoms. The van der Waals surface area contributed by atoms with Gasteiger partial charge in [-0.2, -0.15) is 0 Å². The average molecular weight is 342 g/mol. The number of nitrogens with zero attached hydrogens (tertiary/aromatic N) is 3. The first kappa shape index (κ1) is 16.1. The number of amides is 2. The highest BCUT2D eigenvalue weighted by Crippen LogP contribution is 2.30. The second kappa shape index (κ2) is 6.48. The highest BCUT2D eigenvalue weighted by atomic mass is 16.5. The highest BCUT2D eigenvalue weighted by molar-refractivity contribution is 5.98. The van der Waals surface area contributed by atoms with Crippen molar-refractivity contribution < 1.29 is 14.3 Å². The summed E-state index contributed by atoms with van der Waals surface area (Å²) in [4.78, 5) is 36.6. The van der Waals surface area contributed by atoms with Crippen LogP contribution in [0, 0.1) is 5.92 Å². The van der Waals surface area contributed by atoms with Gasteiger partial charge in [0.1, 0.15) is 0 Å². The lowest BCUT2D eigenvalue weighted by atomic mass is 9.94. The molecule has 2 bridgehead atoms. The number of aromatic amines is 1. The van der Waals surface area contributed by atoms with Crippen molar-refractivity contribution in [2.24, 2.45) is 5.92 Å². The van der Waals surface area contributed by atoms with Crippen LogP contribution in [0.15, 0.2) is 24.5 Å². The van der Waals surface area contributed by atoms with E-state index in [1.165, 1.54) is 0 Å². The molecular weight excluding hydrogens is 320 g/mol. The summed E-state index contributed by atoms with van der Waals surface area (Å²) in [5.74, 6) is 0.0397. The molecule has 3 aliphatic heterocycles. The minimum absolute atomic E-state index is 0.0187. The van der Waals surface area contributed by atoms with Crippen molar-refractivity contribution in [3.05, 3.63) is 30.1 Å². The van der Waals surface area contributed by atoms with E-state index in [2.05, 4.69) is 9.97 Å². The Morgan fingerprint density at radius 2 is 2.24 bits per heavy atom. The molecule has 0 aliphatic carbocycles. The molecule has 5 rings (SSSR count). The maximum absolute atomic E-state index is 13.0. The number of methoxy groups -OCH3 is 1. The van der Waals surface area contributed by atoms with Crippen molar-refractivity contribution in [1.82, 2.24) is 19.8 Å². The highest BCUT2D eigenvalue weighted by Gasteiger charge is 2.41. The Balaban J connectivity index is 1.56. The van der Waals surface area contributed by atoms with Crippen LogP contribution < -0.4 is 0 Å². The number of H-pyrrole nitrogens is 1. The van der Waals surface area contributed by atoms with E-state index in [1.807, 2.05) is 28.0 Å². The number of benzene rings is 1. The smallest absolute Gasteiger partial charge is 0.254 e. The molecule has 1 N–H and O–H groups in total. The van der Waals surface area contributed by atoms with Crippen LogP contribution in [0.4, 0.5) is 0 Å². The lowest BCUT2D eigenvalue weighted by Crippen LogP contribution is -2.49. The van der Waals surface area contributed by atoms with Gasteiger partial charge in [-0.05, 0) is 31.0 Å². The third-order valence-corrected chi connectivity index (χ3v) is 5.28. The van der Waals surface area contributed by atoms with Gasteiger partial charge in [-0.3, -0.25) is 9.59 Å². The Morgan fingerprint density at radius 1 is 1.36 bits per heavy atom. The van der Waals surface area contributed by atoms with Crippen molar-refractivity contribution >= 4 is 22.8 Å². The number of piperidine rings is 1. The summed E-state index contributed by atoms with van der Waals surface area (Å²) in [5, 5.41) is 0. The lowest BCUT2D eigenvalue weighted by molar-refractivity contribution is -0.140. The van der Waals surface area contributed by atoms with Crippen LogP contribution >= 0.6 is 0 Å². The Bertz CT molecular complexity index is 802. The molecular formula is C18H22N4O3. The van der Waals surface area contributed by atoms with E-state index in [9.17, 15) is 9.59 Å². The van der Waals surface area contributed by atoms with Gasteiger partial charge < -0.3 is 19.5 Å². The maximum atomic E-state index is 13.0. The zero-order valence-electron chi connectivity index (χ0n) is 14.3. The van der Waals surface area contributed by atoms with Gasteiger partial charge in [-0.15, -0.1) is 0 Å². The normalized spacial score (nSPS) is 23.3. The van der Waals surface area contributed by atoms with Crippen molar-refractivity contribution in [2.75, 3.05) is 33.4 Å². The summed E-state index contributed by atoms with van der Waals surface area (Å²) in [7, 11) is 1.64. The lowest BCUT2D eigenvalue weighted by Gasteiger charge is -2.35. The van der Waals surface area contributed by atoms with Crippen molar-refractivity contribution in [2.45, 2.75) is 18.9 Å². The predicted octanol–water partition coefficient (Wildman–Crippen LogP) is 1.27. The third kappa shape index (κ3) is 2.89. The topological polar surface area (TPSA) is 78.5 Å². The molecule has 2 amide bonds. The van der Waals surface area contributed by atoms with E-state index >= 15 is 0 Å². The summed E-state index contributed by atoms with van der Waals surface area (Å²) < 4.78 is 5.13. The molecule has 2 aromatic rings. The summed E-state index contributed by atoms with van der Waals surface area (Å²) >= 11 is 0. The van der Waals surface area contributed by atoms with Crippen LogP contribution in [0.5, 0.6) is 0 Å². The Labute approximate surface area is 146 Å². The summed E-state index contributed by atoms with van der Waals surface area (Å²) in [5.41, 5.74) is 2.32. The van der Waals surface area contributed by atoms with Gasteiger partial charge in [0.05, 0.1) is 29.9 Å². The average Bonchev–Trinajstić information content (AvgIpc) is 2.93. The Kier molecular flexibility index (Phi) is 4.17. The predicted molar refractivity (Wildman–Crippen MR) is 92.1 cm³/mol. The fourth-order valence-corrected chi connectivity index (χ4v) is 3.94. The molecule has 25 heavy (non-hydrogen) atoms. The molecule has 0 saturated carbocycles. The van der Waals surface area contributed by atoms with Crippen LogP contribution in [0.3, 0.4) is 0 Å². The van der Waals surface area contributed by atoms with E-state index in [4.69, 9.17) is 4.74 Å². The molecule has 2 atom stereocenters. The molecule has 0 unspecified atom stereocenters. The first-order valence-corrected chi connectivity index (χ1v) is 8.69. The first-order valence-electron chi connectivity index (χ1n) is 8.69. The van der Waals surface area contributed by atoms with Crippen LogP contribution in [0.1, 0.15) is 23.2 Å². The van der Waals surface area contributed by atoms with E-state index in [-0.39, 0.29) is 23.8 Å². The van der Waals surface area contributed by atoms with Crippen LogP contribution in [0.25, 0.3) is 11.0 Å². The van der Waals surface area contributed by atoms with Crippen molar-refractivity contribution in [3.63, 3.8) is 0 Å². The number of nitrogens with one attached hydrogen (secondary N) is 1. The summed E-state index contributed by atoms with van der Waals surface area (Å²) in [6.07, 6.45) is 3.43. The number of hydrogen-bond acceptors (Lipinski definition) is 4. The fourth-order valence-electron chi connectivity index (χ4n) is 3.94. The van der Waals surface area contributed by atoms with Gasteiger partial charge >= 0.3 is 0 Å². The molecule has 4 heterocycles. The summed E-state index contributed by atoms with van der Waals surface area (Å²) in [6.45, 7) is 2.21. The number of carbonyl (C=O) groups is 2.